The van der Waals surface area contributed by atoms with Gasteiger partial charge in [0, 0.05) is 9.50 Å². The summed E-state index contributed by atoms with van der Waals surface area (Å²) in [4.78, 5) is 12.1. The van der Waals surface area contributed by atoms with Gasteiger partial charge >= 0.3 is 16.4 Å². The van der Waals surface area contributed by atoms with Gasteiger partial charge in [-0.25, -0.2) is 4.79 Å². The van der Waals surface area contributed by atoms with E-state index < -0.39 is 22.4 Å². The Morgan fingerprint density at radius 3 is 2.91 bits per heavy atom. The van der Waals surface area contributed by atoms with Gasteiger partial charge in [-0.1, -0.05) is 46.9 Å². The number of benzene rings is 1. The first-order chi connectivity index (χ1) is 10.8. The summed E-state index contributed by atoms with van der Waals surface area (Å²) >= 11 is 9.28. The fourth-order valence-corrected chi connectivity index (χ4v) is 4.19. The van der Waals surface area contributed by atoms with E-state index in [9.17, 15) is 13.2 Å². The SMILES string of the molecule is CCCCOC(=O)N1C(Cc2ccc(Cl)cc2Br)COS1(=O)=O. The number of rotatable bonds is 5. The maximum Gasteiger partial charge on any atom is 0.425 e. The van der Waals surface area contributed by atoms with E-state index in [2.05, 4.69) is 15.9 Å². The summed E-state index contributed by atoms with van der Waals surface area (Å²) in [6.45, 7) is 2.03. The molecule has 1 saturated heterocycles. The van der Waals surface area contributed by atoms with Gasteiger partial charge in [0.2, 0.25) is 0 Å². The van der Waals surface area contributed by atoms with Gasteiger partial charge in [-0.05, 0) is 30.5 Å². The first-order valence-electron chi connectivity index (χ1n) is 7.14. The van der Waals surface area contributed by atoms with Crippen molar-refractivity contribution >= 4 is 43.9 Å². The molecule has 0 radical (unpaired) electrons. The molecule has 9 heteroatoms. The predicted octanol–water partition coefficient (Wildman–Crippen LogP) is 3.53. The number of unbranched alkanes of at least 4 members (excludes halogenated alkanes) is 1. The molecule has 128 valence electrons. The van der Waals surface area contributed by atoms with Crippen molar-refractivity contribution < 1.29 is 22.1 Å². The fourth-order valence-electron chi connectivity index (χ4n) is 2.16. The van der Waals surface area contributed by atoms with E-state index in [4.69, 9.17) is 20.5 Å². The Hall–Kier alpha value is -0.830. The summed E-state index contributed by atoms with van der Waals surface area (Å²) in [6, 6.07) is 4.55. The van der Waals surface area contributed by atoms with Crippen LogP contribution in [0.3, 0.4) is 0 Å². The molecule has 0 saturated carbocycles. The monoisotopic (exact) mass is 425 g/mol. The fraction of sp³-hybridized carbons (Fsp3) is 0.500. The molecule has 6 nitrogen and oxygen atoms in total. The van der Waals surface area contributed by atoms with Gasteiger partial charge in [0.15, 0.2) is 0 Å². The maximum absolute atomic E-state index is 12.1. The van der Waals surface area contributed by atoms with Crippen molar-refractivity contribution in [2.75, 3.05) is 13.2 Å². The highest BCUT2D eigenvalue weighted by Gasteiger charge is 2.43. The van der Waals surface area contributed by atoms with Crippen molar-refractivity contribution in [3.05, 3.63) is 33.3 Å². The molecule has 23 heavy (non-hydrogen) atoms. The average molecular weight is 427 g/mol. The Kier molecular flexibility index (Phi) is 6.30. The zero-order chi connectivity index (χ0) is 17.0. The van der Waals surface area contributed by atoms with Gasteiger partial charge < -0.3 is 4.74 Å². The topological polar surface area (TPSA) is 72.9 Å². The van der Waals surface area contributed by atoms with Crippen LogP contribution in [0, 0.1) is 0 Å². The molecule has 0 spiro atoms. The second kappa shape index (κ2) is 7.83. The normalized spacial score (nSPS) is 19.8. The minimum Gasteiger partial charge on any atom is -0.449 e. The number of nitrogens with zero attached hydrogens (tertiary/aromatic N) is 1. The zero-order valence-electron chi connectivity index (χ0n) is 12.5. The summed E-state index contributed by atoms with van der Waals surface area (Å²) in [5.41, 5.74) is 0.825. The Morgan fingerprint density at radius 2 is 2.26 bits per heavy atom. The summed E-state index contributed by atoms with van der Waals surface area (Å²) in [7, 11) is -4.10. The molecule has 0 aromatic heterocycles. The number of hydrogen-bond acceptors (Lipinski definition) is 5. The first-order valence-corrected chi connectivity index (χ1v) is 9.68. The highest BCUT2D eigenvalue weighted by molar-refractivity contribution is 9.10. The molecule has 1 atom stereocenters. The third kappa shape index (κ3) is 4.59. The smallest absolute Gasteiger partial charge is 0.425 e. The molecular weight excluding hydrogens is 410 g/mol. The van der Waals surface area contributed by atoms with Crippen molar-refractivity contribution in [1.29, 1.82) is 0 Å². The lowest BCUT2D eigenvalue weighted by molar-refractivity contribution is 0.118. The number of hydrogen-bond donors (Lipinski definition) is 0. The van der Waals surface area contributed by atoms with Crippen LogP contribution in [0.2, 0.25) is 5.02 Å². The largest absolute Gasteiger partial charge is 0.449 e. The van der Waals surface area contributed by atoms with E-state index in [-0.39, 0.29) is 13.2 Å². The molecule has 1 heterocycles. The van der Waals surface area contributed by atoms with Gasteiger partial charge in [0.25, 0.3) is 0 Å². The lowest BCUT2D eigenvalue weighted by Crippen LogP contribution is -2.41. The quantitative estimate of drug-likeness (QED) is 0.674. The van der Waals surface area contributed by atoms with E-state index in [1.54, 1.807) is 18.2 Å². The van der Waals surface area contributed by atoms with Gasteiger partial charge in [-0.2, -0.15) is 12.7 Å². The molecule has 1 fully saturated rings. The number of amides is 1. The lowest BCUT2D eigenvalue weighted by Gasteiger charge is -2.20. The van der Waals surface area contributed by atoms with Gasteiger partial charge in [0.1, 0.15) is 0 Å². The molecule has 0 aliphatic carbocycles. The molecule has 1 aliphatic rings. The molecule has 1 aliphatic heterocycles. The third-order valence-corrected chi connectivity index (χ3v) is 5.69. The molecule has 1 aromatic rings. The number of carbonyl (C=O) groups excluding carboxylic acids is 1. The van der Waals surface area contributed by atoms with Crippen molar-refractivity contribution in [3.8, 4) is 0 Å². The highest BCUT2D eigenvalue weighted by Crippen LogP contribution is 2.28. The standard InChI is InChI=1S/C14H17BrClNO5S/c1-2-3-6-21-14(18)17-12(9-22-23(17,19)20)7-10-4-5-11(16)8-13(10)15/h4-5,8,12H,2-3,6-7,9H2,1H3. The average Bonchev–Trinajstić information content (AvgIpc) is 2.77. The summed E-state index contributed by atoms with van der Waals surface area (Å²) < 4.78 is 35.1. The van der Waals surface area contributed by atoms with E-state index in [0.29, 0.717) is 22.2 Å². The minimum absolute atomic E-state index is 0.0969. The summed E-state index contributed by atoms with van der Waals surface area (Å²) in [5, 5.41) is 0.562. The Bertz CT molecular complexity index is 682. The second-order valence-electron chi connectivity index (χ2n) is 5.10. The van der Waals surface area contributed by atoms with E-state index in [0.717, 1.165) is 16.5 Å². The second-order valence-corrected chi connectivity index (χ2v) is 7.87. The van der Waals surface area contributed by atoms with Crippen LogP contribution in [0.25, 0.3) is 0 Å². The highest BCUT2D eigenvalue weighted by atomic mass is 79.9. The van der Waals surface area contributed by atoms with Crippen LogP contribution in [-0.2, 0) is 25.6 Å². The first kappa shape index (κ1) is 18.5. The van der Waals surface area contributed by atoms with Crippen LogP contribution in [-0.4, -0.2) is 38.1 Å². The van der Waals surface area contributed by atoms with Crippen LogP contribution in [0.5, 0.6) is 0 Å². The van der Waals surface area contributed by atoms with E-state index in [1.165, 1.54) is 0 Å². The Labute approximate surface area is 149 Å². The van der Waals surface area contributed by atoms with Crippen LogP contribution < -0.4 is 0 Å². The van der Waals surface area contributed by atoms with Crippen LogP contribution in [0.15, 0.2) is 22.7 Å². The summed E-state index contributed by atoms with van der Waals surface area (Å²) in [5.74, 6) is 0. The Balaban J connectivity index is 2.15. The number of halogens is 2. The molecule has 0 bridgehead atoms. The predicted molar refractivity (Wildman–Crippen MR) is 89.6 cm³/mol. The van der Waals surface area contributed by atoms with Crippen LogP contribution in [0.1, 0.15) is 25.3 Å². The van der Waals surface area contributed by atoms with Crippen molar-refractivity contribution in [2.45, 2.75) is 32.2 Å². The van der Waals surface area contributed by atoms with Crippen molar-refractivity contribution in [1.82, 2.24) is 4.31 Å². The summed E-state index contributed by atoms with van der Waals surface area (Å²) in [6.07, 6.45) is 0.928. The van der Waals surface area contributed by atoms with Gasteiger partial charge in [-0.15, -0.1) is 0 Å². The van der Waals surface area contributed by atoms with Crippen molar-refractivity contribution in [3.63, 3.8) is 0 Å². The molecule has 0 N–H and O–H groups in total. The maximum atomic E-state index is 12.1. The molecule has 1 aromatic carbocycles. The van der Waals surface area contributed by atoms with Gasteiger partial charge in [0.05, 0.1) is 19.3 Å². The van der Waals surface area contributed by atoms with Crippen LogP contribution in [0.4, 0.5) is 4.79 Å². The Morgan fingerprint density at radius 1 is 1.52 bits per heavy atom. The van der Waals surface area contributed by atoms with Gasteiger partial charge in [-0.3, -0.25) is 4.18 Å². The van der Waals surface area contributed by atoms with Crippen molar-refractivity contribution in [2.24, 2.45) is 0 Å². The minimum atomic E-state index is -4.10. The van der Waals surface area contributed by atoms with E-state index in [1.807, 2.05) is 6.92 Å². The van der Waals surface area contributed by atoms with Crippen LogP contribution >= 0.6 is 27.5 Å². The molecule has 1 amide bonds. The zero-order valence-corrected chi connectivity index (χ0v) is 15.7. The third-order valence-electron chi connectivity index (χ3n) is 3.36. The lowest BCUT2D eigenvalue weighted by atomic mass is 10.1. The molecule has 2 rings (SSSR count). The molecule has 1 unspecified atom stereocenters. The number of ether oxygens (including phenoxy) is 1. The van der Waals surface area contributed by atoms with E-state index >= 15 is 0 Å². The number of carbonyl (C=O) groups is 1. The molecular formula is C14H17BrClNO5S.